The highest BCUT2D eigenvalue weighted by Gasteiger charge is 2.35. The van der Waals surface area contributed by atoms with Crippen molar-refractivity contribution in [1.82, 2.24) is 20.3 Å². The molecule has 8 heteroatoms. The highest BCUT2D eigenvalue weighted by Crippen LogP contribution is 2.33. The van der Waals surface area contributed by atoms with E-state index in [0.717, 1.165) is 36.8 Å². The van der Waals surface area contributed by atoms with Crippen molar-refractivity contribution in [3.05, 3.63) is 83.9 Å². The second-order valence-corrected chi connectivity index (χ2v) is 9.81. The van der Waals surface area contributed by atoms with E-state index in [4.69, 9.17) is 4.74 Å². The molecule has 5 rings (SSSR count). The average molecular weight is 512 g/mol. The Morgan fingerprint density at radius 2 is 1.79 bits per heavy atom. The molecule has 1 N–H and O–H groups in total. The van der Waals surface area contributed by atoms with E-state index in [-0.39, 0.29) is 24.4 Å². The first-order valence-corrected chi connectivity index (χ1v) is 13.2. The second-order valence-electron chi connectivity index (χ2n) is 9.81. The predicted molar refractivity (Wildman–Crippen MR) is 147 cm³/mol. The Balaban J connectivity index is 1.58. The molecule has 1 aromatic heterocycles. The van der Waals surface area contributed by atoms with Gasteiger partial charge in [-0.05, 0) is 61.2 Å². The summed E-state index contributed by atoms with van der Waals surface area (Å²) < 4.78 is 7.07. The lowest BCUT2D eigenvalue weighted by Crippen LogP contribution is -2.48. The first kappa shape index (κ1) is 25.4. The van der Waals surface area contributed by atoms with Gasteiger partial charge in [0.15, 0.2) is 0 Å². The maximum Gasteiger partial charge on any atom is 0.249 e. The number of hydrogen-bond donors (Lipinski definition) is 1. The molecule has 1 fully saturated rings. The topological polar surface area (TPSA) is 89.4 Å². The van der Waals surface area contributed by atoms with Crippen molar-refractivity contribution in [2.75, 3.05) is 12.0 Å². The Labute approximate surface area is 222 Å². The first-order valence-electron chi connectivity index (χ1n) is 13.2. The number of amides is 2. The zero-order chi connectivity index (χ0) is 26.5. The molecule has 1 heterocycles. The lowest BCUT2D eigenvalue weighted by molar-refractivity contribution is -0.127. The van der Waals surface area contributed by atoms with Gasteiger partial charge in [0.25, 0.3) is 0 Å². The van der Waals surface area contributed by atoms with Crippen molar-refractivity contribution < 1.29 is 14.3 Å². The number of fused-ring (bicyclic) bond motifs is 1. The van der Waals surface area contributed by atoms with Crippen LogP contribution in [-0.4, -0.2) is 40.0 Å². The summed E-state index contributed by atoms with van der Waals surface area (Å²) in [5, 5.41) is 11.7. The van der Waals surface area contributed by atoms with E-state index in [0.29, 0.717) is 22.5 Å². The normalized spacial score (nSPS) is 14.7. The molecule has 1 aliphatic carbocycles. The van der Waals surface area contributed by atoms with E-state index in [1.54, 1.807) is 16.7 Å². The van der Waals surface area contributed by atoms with Crippen LogP contribution in [0.2, 0.25) is 0 Å². The number of benzene rings is 3. The van der Waals surface area contributed by atoms with Crippen molar-refractivity contribution in [3.63, 3.8) is 0 Å². The maximum absolute atomic E-state index is 14.2. The fourth-order valence-electron chi connectivity index (χ4n) is 5.25. The molecule has 1 saturated carbocycles. The molecule has 1 aliphatic rings. The van der Waals surface area contributed by atoms with Crippen LogP contribution < -0.4 is 15.0 Å². The third-order valence-electron chi connectivity index (χ3n) is 7.22. The number of anilines is 1. The van der Waals surface area contributed by atoms with Gasteiger partial charge in [0.1, 0.15) is 23.9 Å². The van der Waals surface area contributed by atoms with Crippen LogP contribution in [0.3, 0.4) is 0 Å². The summed E-state index contributed by atoms with van der Waals surface area (Å²) in [4.78, 5) is 29.9. The summed E-state index contributed by atoms with van der Waals surface area (Å²) in [6.07, 6.45) is 5.26. The van der Waals surface area contributed by atoms with Gasteiger partial charge >= 0.3 is 0 Å². The number of nitrogens with one attached hydrogen (secondary N) is 1. The number of aryl methyl sites for hydroxylation is 1. The lowest BCUT2D eigenvalue weighted by Gasteiger charge is -2.34. The van der Waals surface area contributed by atoms with E-state index >= 15 is 0 Å². The number of nitrogens with zero attached hydrogens (tertiary/aromatic N) is 4. The molecule has 38 heavy (non-hydrogen) atoms. The fourth-order valence-corrected chi connectivity index (χ4v) is 5.25. The van der Waals surface area contributed by atoms with E-state index in [1.165, 1.54) is 6.42 Å². The van der Waals surface area contributed by atoms with Crippen molar-refractivity contribution in [2.24, 2.45) is 0 Å². The Kier molecular flexibility index (Phi) is 7.67. The minimum Gasteiger partial charge on any atom is -0.497 e. The average Bonchev–Trinajstić information content (AvgIpc) is 3.35. The van der Waals surface area contributed by atoms with E-state index in [9.17, 15) is 9.59 Å². The zero-order valence-electron chi connectivity index (χ0n) is 21.8. The van der Waals surface area contributed by atoms with E-state index in [1.807, 2.05) is 79.7 Å². The van der Waals surface area contributed by atoms with Crippen LogP contribution in [0.15, 0.2) is 72.8 Å². The summed E-state index contributed by atoms with van der Waals surface area (Å²) in [6, 6.07) is 21.7. The van der Waals surface area contributed by atoms with Gasteiger partial charge in [0, 0.05) is 11.7 Å². The van der Waals surface area contributed by atoms with Crippen LogP contribution in [0.1, 0.15) is 49.3 Å². The smallest absolute Gasteiger partial charge is 0.249 e. The van der Waals surface area contributed by atoms with Crippen molar-refractivity contribution in [2.45, 2.75) is 57.7 Å². The van der Waals surface area contributed by atoms with E-state index < -0.39 is 6.04 Å². The summed E-state index contributed by atoms with van der Waals surface area (Å²) in [5.74, 6) is 0.157. The first-order chi connectivity index (χ1) is 18.5. The number of aromatic nitrogens is 3. The SMILES string of the molecule is COc1cccc([C@H](C(=O)NC2CCCCC2)N(C(=O)Cn2nnc3ccccc32)c2ccccc2C)c1. The van der Waals surface area contributed by atoms with Crippen LogP contribution >= 0.6 is 0 Å². The number of para-hydroxylation sites is 2. The van der Waals surface area contributed by atoms with Crippen LogP contribution in [0, 0.1) is 6.92 Å². The number of carbonyl (C=O) groups excluding carboxylic acids is 2. The summed E-state index contributed by atoms with van der Waals surface area (Å²) >= 11 is 0. The number of ether oxygens (including phenoxy) is 1. The number of carbonyl (C=O) groups is 2. The molecule has 8 nitrogen and oxygen atoms in total. The standard InChI is InChI=1S/C30H33N5O3/c1-21-11-6-8-17-26(21)35(28(36)20-34-27-18-9-7-16-25(27)32-33-34)29(22-12-10-15-24(19-22)38-2)30(37)31-23-13-4-3-5-14-23/h6-12,15-19,23,29H,3-5,13-14,20H2,1-2H3,(H,31,37)/t29-/m1/s1. The maximum atomic E-state index is 14.2. The number of rotatable bonds is 8. The largest absolute Gasteiger partial charge is 0.497 e. The molecule has 0 bridgehead atoms. The van der Waals surface area contributed by atoms with Crippen molar-refractivity contribution >= 4 is 28.5 Å². The third-order valence-corrected chi connectivity index (χ3v) is 7.22. The molecule has 1 atom stereocenters. The lowest BCUT2D eigenvalue weighted by atomic mass is 9.94. The molecule has 2 amide bonds. The molecule has 0 unspecified atom stereocenters. The Morgan fingerprint density at radius 1 is 1.03 bits per heavy atom. The highest BCUT2D eigenvalue weighted by atomic mass is 16.5. The number of methoxy groups -OCH3 is 1. The second kappa shape index (κ2) is 11.5. The molecule has 0 radical (unpaired) electrons. The summed E-state index contributed by atoms with van der Waals surface area (Å²) in [7, 11) is 1.59. The zero-order valence-corrected chi connectivity index (χ0v) is 21.8. The van der Waals surface area contributed by atoms with Gasteiger partial charge < -0.3 is 10.1 Å². The van der Waals surface area contributed by atoms with Crippen LogP contribution in [0.4, 0.5) is 5.69 Å². The Bertz CT molecular complexity index is 1430. The monoisotopic (exact) mass is 511 g/mol. The van der Waals surface area contributed by atoms with Crippen molar-refractivity contribution in [3.8, 4) is 5.75 Å². The minimum absolute atomic E-state index is 0.0635. The van der Waals surface area contributed by atoms with Gasteiger partial charge in [0.2, 0.25) is 11.8 Å². The fraction of sp³-hybridized carbons (Fsp3) is 0.333. The summed E-state index contributed by atoms with van der Waals surface area (Å²) in [6.45, 7) is 1.88. The molecule has 196 valence electrons. The molecule has 3 aromatic carbocycles. The van der Waals surface area contributed by atoms with Crippen molar-refractivity contribution in [1.29, 1.82) is 0 Å². The summed E-state index contributed by atoms with van der Waals surface area (Å²) in [5.41, 5.74) is 3.71. The quantitative estimate of drug-likeness (QED) is 0.361. The van der Waals surface area contributed by atoms with Gasteiger partial charge in [-0.15, -0.1) is 5.10 Å². The molecular weight excluding hydrogens is 478 g/mol. The minimum atomic E-state index is -0.893. The van der Waals surface area contributed by atoms with E-state index in [2.05, 4.69) is 15.6 Å². The molecule has 0 saturated heterocycles. The Morgan fingerprint density at radius 3 is 2.58 bits per heavy atom. The molecule has 0 aliphatic heterocycles. The Hall–Kier alpha value is -4.20. The van der Waals surface area contributed by atoms with Crippen LogP contribution in [0.5, 0.6) is 5.75 Å². The highest BCUT2D eigenvalue weighted by molar-refractivity contribution is 6.02. The predicted octanol–water partition coefficient (Wildman–Crippen LogP) is 4.97. The van der Waals surface area contributed by atoms with Crippen LogP contribution in [0.25, 0.3) is 11.0 Å². The van der Waals surface area contributed by atoms with Gasteiger partial charge in [-0.1, -0.05) is 66.9 Å². The third kappa shape index (κ3) is 5.39. The van der Waals surface area contributed by atoms with Gasteiger partial charge in [-0.3, -0.25) is 14.5 Å². The molecule has 0 spiro atoms. The van der Waals surface area contributed by atoms with Crippen LogP contribution in [-0.2, 0) is 16.1 Å². The van der Waals surface area contributed by atoms with Gasteiger partial charge in [-0.2, -0.15) is 0 Å². The number of hydrogen-bond acceptors (Lipinski definition) is 5. The van der Waals surface area contributed by atoms with Gasteiger partial charge in [-0.25, -0.2) is 4.68 Å². The van der Waals surface area contributed by atoms with Gasteiger partial charge in [0.05, 0.1) is 12.6 Å². The molecular formula is C30H33N5O3. The molecule has 4 aromatic rings.